The average Bonchev–Trinajstić information content (AvgIpc) is 3.02. The van der Waals surface area contributed by atoms with Crippen LogP contribution in [0.4, 0.5) is 5.82 Å². The van der Waals surface area contributed by atoms with E-state index in [1.807, 2.05) is 12.3 Å². The molecule has 4 rings (SSSR count). The Labute approximate surface area is 155 Å². The third kappa shape index (κ3) is 3.46. The lowest BCUT2D eigenvalue weighted by Crippen LogP contribution is -2.23. The first kappa shape index (κ1) is 17.4. The second kappa shape index (κ2) is 6.28. The number of fused-ring (bicyclic) bond motifs is 1. The predicted octanol–water partition coefficient (Wildman–Crippen LogP) is 2.13. The van der Waals surface area contributed by atoms with Crippen LogP contribution in [0.5, 0.6) is 5.75 Å². The summed E-state index contributed by atoms with van der Waals surface area (Å²) in [4.78, 5) is 0. The molecule has 2 aromatic heterocycles. The Kier molecular flexibility index (Phi) is 4.04. The number of aromatic nitrogens is 3. The van der Waals surface area contributed by atoms with Gasteiger partial charge in [0, 0.05) is 12.4 Å². The molecule has 0 saturated heterocycles. The van der Waals surface area contributed by atoms with E-state index in [2.05, 4.69) is 21.0 Å². The van der Waals surface area contributed by atoms with Gasteiger partial charge in [-0.1, -0.05) is 5.16 Å². The monoisotopic (exact) mass is 387 g/mol. The van der Waals surface area contributed by atoms with Crippen LogP contribution in [-0.4, -0.2) is 36.2 Å². The zero-order valence-corrected chi connectivity index (χ0v) is 15.4. The molecule has 0 aliphatic heterocycles. The van der Waals surface area contributed by atoms with Crippen LogP contribution in [0.25, 0.3) is 11.0 Å². The van der Waals surface area contributed by atoms with Gasteiger partial charge in [-0.2, -0.15) is 10.4 Å². The van der Waals surface area contributed by atoms with Gasteiger partial charge in [-0.3, -0.25) is 9.40 Å². The van der Waals surface area contributed by atoms with Crippen molar-refractivity contribution < 1.29 is 17.7 Å². The number of ether oxygens (including phenoxy) is 1. The number of rotatable bonds is 7. The van der Waals surface area contributed by atoms with Crippen LogP contribution in [0.3, 0.4) is 0 Å². The maximum Gasteiger partial charge on any atom is 0.235 e. The lowest BCUT2D eigenvalue weighted by atomic mass is 10.1. The summed E-state index contributed by atoms with van der Waals surface area (Å²) in [5.74, 6) is 0.237. The molecule has 0 bridgehead atoms. The van der Waals surface area contributed by atoms with Crippen LogP contribution in [0.15, 0.2) is 35.1 Å². The summed E-state index contributed by atoms with van der Waals surface area (Å²) in [6.07, 6.45) is 4.69. The van der Waals surface area contributed by atoms with Gasteiger partial charge in [0.1, 0.15) is 11.1 Å². The molecule has 1 N–H and O–H groups in total. The maximum atomic E-state index is 12.4. The van der Waals surface area contributed by atoms with Gasteiger partial charge in [0.15, 0.2) is 11.4 Å². The number of methoxy groups -OCH3 is 1. The van der Waals surface area contributed by atoms with E-state index in [9.17, 15) is 8.42 Å². The molecule has 0 spiro atoms. The van der Waals surface area contributed by atoms with Gasteiger partial charge in [-0.25, -0.2) is 8.42 Å². The fourth-order valence-corrected chi connectivity index (χ4v) is 4.57. The minimum atomic E-state index is -3.74. The third-order valence-electron chi connectivity index (χ3n) is 4.53. The fraction of sp³-hybridized carbons (Fsp3) is 0.353. The minimum Gasteiger partial charge on any atom is -0.496 e. The predicted molar refractivity (Wildman–Crippen MR) is 96.6 cm³/mol. The standard InChI is InChI=1S/C17H17N5O4S/c1-25-13-7-12(9-22-6-2-5-19-22)8-14-15(13)16(20-26-14)21-27(23,24)11-17(10-18)3-4-17/h2,5-8H,3-4,9,11H2,1H3,(H,20,21). The third-order valence-corrected chi connectivity index (χ3v) is 5.97. The maximum absolute atomic E-state index is 12.4. The van der Waals surface area contributed by atoms with Crippen molar-refractivity contribution in [2.45, 2.75) is 19.4 Å². The van der Waals surface area contributed by atoms with Crippen molar-refractivity contribution in [2.24, 2.45) is 5.41 Å². The lowest BCUT2D eigenvalue weighted by molar-refractivity contribution is 0.418. The Bertz CT molecular complexity index is 1120. The summed E-state index contributed by atoms with van der Waals surface area (Å²) in [6.45, 7) is 0.506. The van der Waals surface area contributed by atoms with Crippen LogP contribution >= 0.6 is 0 Å². The Hall–Kier alpha value is -3.06. The molecule has 1 aromatic carbocycles. The molecule has 27 heavy (non-hydrogen) atoms. The summed E-state index contributed by atoms with van der Waals surface area (Å²) in [5, 5.41) is 17.6. The highest BCUT2D eigenvalue weighted by molar-refractivity contribution is 7.92. The molecule has 1 aliphatic rings. The molecule has 1 saturated carbocycles. The Morgan fingerprint density at radius 2 is 2.26 bits per heavy atom. The second-order valence-corrected chi connectivity index (χ2v) is 8.38. The van der Waals surface area contributed by atoms with Crippen LogP contribution < -0.4 is 9.46 Å². The van der Waals surface area contributed by atoms with Crippen molar-refractivity contribution in [3.63, 3.8) is 0 Å². The van der Waals surface area contributed by atoms with Gasteiger partial charge < -0.3 is 9.26 Å². The average molecular weight is 387 g/mol. The smallest absolute Gasteiger partial charge is 0.235 e. The minimum absolute atomic E-state index is 0.0567. The van der Waals surface area contributed by atoms with Crippen LogP contribution in [0.2, 0.25) is 0 Å². The van der Waals surface area contributed by atoms with Gasteiger partial charge in [0.25, 0.3) is 0 Å². The van der Waals surface area contributed by atoms with Crippen LogP contribution in [-0.2, 0) is 16.6 Å². The van der Waals surface area contributed by atoms with E-state index in [4.69, 9.17) is 14.5 Å². The highest BCUT2D eigenvalue weighted by atomic mass is 32.2. The first-order chi connectivity index (χ1) is 12.9. The topological polar surface area (TPSA) is 123 Å². The quantitative estimate of drug-likeness (QED) is 0.658. The second-order valence-electron chi connectivity index (χ2n) is 6.66. The molecule has 0 radical (unpaired) electrons. The van der Waals surface area contributed by atoms with E-state index >= 15 is 0 Å². The lowest BCUT2D eigenvalue weighted by Gasteiger charge is -2.10. The number of hydrogen-bond donors (Lipinski definition) is 1. The van der Waals surface area contributed by atoms with Crippen molar-refractivity contribution in [3.8, 4) is 11.8 Å². The Morgan fingerprint density at radius 1 is 1.44 bits per heavy atom. The molecule has 0 atom stereocenters. The molecule has 140 valence electrons. The van der Waals surface area contributed by atoms with E-state index in [1.54, 1.807) is 23.0 Å². The van der Waals surface area contributed by atoms with Gasteiger partial charge in [0.05, 0.1) is 30.9 Å². The number of nitrogens with one attached hydrogen (secondary N) is 1. The van der Waals surface area contributed by atoms with E-state index in [0.29, 0.717) is 36.1 Å². The summed E-state index contributed by atoms with van der Waals surface area (Å²) >= 11 is 0. The molecular weight excluding hydrogens is 370 g/mol. The zero-order valence-electron chi connectivity index (χ0n) is 14.5. The summed E-state index contributed by atoms with van der Waals surface area (Å²) < 4.78 is 39.8. The molecule has 9 nitrogen and oxygen atoms in total. The van der Waals surface area contributed by atoms with Crippen molar-refractivity contribution in [1.29, 1.82) is 5.26 Å². The van der Waals surface area contributed by atoms with E-state index < -0.39 is 15.4 Å². The van der Waals surface area contributed by atoms with Crippen molar-refractivity contribution in [2.75, 3.05) is 17.6 Å². The zero-order chi connectivity index (χ0) is 19.1. The molecule has 2 heterocycles. The number of anilines is 1. The number of benzene rings is 1. The summed E-state index contributed by atoms with van der Waals surface area (Å²) in [7, 11) is -2.25. The highest BCUT2D eigenvalue weighted by Gasteiger charge is 2.47. The largest absolute Gasteiger partial charge is 0.496 e. The molecular formula is C17H17N5O4S. The highest BCUT2D eigenvalue weighted by Crippen LogP contribution is 2.46. The Balaban J connectivity index is 1.65. The number of nitrogens with zero attached hydrogens (tertiary/aromatic N) is 4. The molecule has 0 unspecified atom stereocenters. The van der Waals surface area contributed by atoms with Gasteiger partial charge in [-0.05, 0) is 36.6 Å². The number of hydrogen-bond acceptors (Lipinski definition) is 7. The normalized spacial score (nSPS) is 15.4. The van der Waals surface area contributed by atoms with Gasteiger partial charge >= 0.3 is 0 Å². The molecule has 3 aromatic rings. The summed E-state index contributed by atoms with van der Waals surface area (Å²) in [6, 6.07) is 7.46. The number of nitriles is 1. The number of sulfonamides is 1. The first-order valence-electron chi connectivity index (χ1n) is 8.29. The molecule has 10 heteroatoms. The van der Waals surface area contributed by atoms with E-state index in [0.717, 1.165) is 5.56 Å². The van der Waals surface area contributed by atoms with Crippen molar-refractivity contribution in [1.82, 2.24) is 14.9 Å². The van der Waals surface area contributed by atoms with Crippen LogP contribution in [0.1, 0.15) is 18.4 Å². The van der Waals surface area contributed by atoms with Gasteiger partial charge in [0.2, 0.25) is 10.0 Å². The van der Waals surface area contributed by atoms with Crippen molar-refractivity contribution >= 4 is 26.8 Å². The van der Waals surface area contributed by atoms with Gasteiger partial charge in [-0.15, -0.1) is 0 Å². The molecule has 1 aliphatic carbocycles. The SMILES string of the molecule is COc1cc(Cn2cccn2)cc2onc(NS(=O)(=O)CC3(C#N)CC3)c12. The molecule has 0 amide bonds. The van der Waals surface area contributed by atoms with Crippen LogP contribution in [0, 0.1) is 16.7 Å². The van der Waals surface area contributed by atoms with E-state index in [1.165, 1.54) is 7.11 Å². The fourth-order valence-electron chi connectivity index (χ4n) is 2.98. The summed E-state index contributed by atoms with van der Waals surface area (Å²) in [5.41, 5.74) is 0.484. The first-order valence-corrected chi connectivity index (χ1v) is 9.94. The Morgan fingerprint density at radius 3 is 2.89 bits per heavy atom. The van der Waals surface area contributed by atoms with Crippen molar-refractivity contribution in [3.05, 3.63) is 36.2 Å². The molecule has 1 fully saturated rings. The van der Waals surface area contributed by atoms with E-state index in [-0.39, 0.29) is 11.6 Å².